The highest BCUT2D eigenvalue weighted by molar-refractivity contribution is 9.10. The number of nitrogens with zero attached hydrogens (tertiary/aromatic N) is 3. The predicted molar refractivity (Wildman–Crippen MR) is 96.3 cm³/mol. The number of benzene rings is 2. The zero-order chi connectivity index (χ0) is 16.2. The summed E-state index contributed by atoms with van der Waals surface area (Å²) in [5.74, 6) is -0.281. The maximum atomic E-state index is 13.3. The van der Waals surface area contributed by atoms with E-state index in [4.69, 9.17) is 0 Å². The molecule has 3 rings (SSSR count). The lowest BCUT2D eigenvalue weighted by Crippen LogP contribution is -2.11. The Morgan fingerprint density at radius 1 is 1.17 bits per heavy atom. The number of hydrogen-bond acceptors (Lipinski definition) is 3. The first-order chi connectivity index (χ1) is 11.2. The van der Waals surface area contributed by atoms with Crippen LogP contribution in [0.3, 0.4) is 0 Å². The second-order valence-electron chi connectivity index (χ2n) is 4.75. The van der Waals surface area contributed by atoms with Gasteiger partial charge >= 0.3 is 0 Å². The smallest absolute Gasteiger partial charge is 0.205 e. The highest BCUT2D eigenvalue weighted by Gasteiger charge is 2.07. The number of rotatable bonds is 3. The van der Waals surface area contributed by atoms with Gasteiger partial charge in [0.2, 0.25) is 4.80 Å². The Labute approximate surface area is 145 Å². The summed E-state index contributed by atoms with van der Waals surface area (Å²) in [5.41, 5.74) is 2.66. The number of hydrogen-bond donors (Lipinski definition) is 0. The lowest BCUT2D eigenvalue weighted by atomic mass is 10.2. The van der Waals surface area contributed by atoms with E-state index in [0.29, 0.717) is 5.56 Å². The molecule has 0 radical (unpaired) electrons. The second-order valence-corrected chi connectivity index (χ2v) is 6.50. The van der Waals surface area contributed by atoms with Crippen molar-refractivity contribution in [2.24, 2.45) is 10.1 Å². The monoisotopic (exact) mass is 389 g/mol. The molecule has 6 heteroatoms. The van der Waals surface area contributed by atoms with E-state index in [1.54, 1.807) is 30.1 Å². The van der Waals surface area contributed by atoms with E-state index >= 15 is 0 Å². The van der Waals surface area contributed by atoms with Crippen LogP contribution in [0.15, 0.2) is 68.5 Å². The molecule has 0 spiro atoms. The first-order valence-electron chi connectivity index (χ1n) is 6.86. The molecule has 0 aliphatic carbocycles. The van der Waals surface area contributed by atoms with Gasteiger partial charge in [-0.3, -0.25) is 4.99 Å². The summed E-state index contributed by atoms with van der Waals surface area (Å²) in [4.78, 5) is 5.02. The zero-order valence-electron chi connectivity index (χ0n) is 12.3. The fraction of sp³-hybridized carbons (Fsp3) is 0.0588. The van der Waals surface area contributed by atoms with Crippen molar-refractivity contribution in [3.05, 3.63) is 74.6 Å². The summed E-state index contributed by atoms with van der Waals surface area (Å²) in [6, 6.07) is 14.3. The van der Waals surface area contributed by atoms with Gasteiger partial charge in [0.25, 0.3) is 0 Å². The van der Waals surface area contributed by atoms with E-state index in [9.17, 15) is 4.39 Å². The van der Waals surface area contributed by atoms with Crippen molar-refractivity contribution < 1.29 is 4.39 Å². The minimum absolute atomic E-state index is 0.281. The van der Waals surface area contributed by atoms with Gasteiger partial charge in [0.05, 0.1) is 11.9 Å². The molecule has 3 aromatic rings. The molecule has 0 atom stereocenters. The van der Waals surface area contributed by atoms with Crippen molar-refractivity contribution in [3.63, 3.8) is 0 Å². The van der Waals surface area contributed by atoms with E-state index in [-0.39, 0.29) is 5.82 Å². The minimum Gasteiger partial charge on any atom is -0.261 e. The van der Waals surface area contributed by atoms with Crippen LogP contribution in [0.2, 0.25) is 0 Å². The Bertz CT molecular complexity index is 927. The van der Waals surface area contributed by atoms with E-state index in [2.05, 4.69) is 26.0 Å². The van der Waals surface area contributed by atoms with Crippen molar-refractivity contribution in [1.82, 2.24) is 4.68 Å². The summed E-state index contributed by atoms with van der Waals surface area (Å²) in [6.07, 6.45) is 1.63. The summed E-state index contributed by atoms with van der Waals surface area (Å²) in [7, 11) is 1.73. The van der Waals surface area contributed by atoms with Gasteiger partial charge in [-0.2, -0.15) is 5.10 Å². The largest absolute Gasteiger partial charge is 0.261 e. The highest BCUT2D eigenvalue weighted by Crippen LogP contribution is 2.23. The molecular weight excluding hydrogens is 377 g/mol. The van der Waals surface area contributed by atoms with E-state index in [1.807, 2.05) is 29.6 Å². The van der Waals surface area contributed by atoms with Crippen LogP contribution in [0.25, 0.3) is 11.3 Å². The molecule has 3 nitrogen and oxygen atoms in total. The van der Waals surface area contributed by atoms with Gasteiger partial charge in [0.15, 0.2) is 0 Å². The average Bonchev–Trinajstić information content (AvgIpc) is 2.96. The first-order valence-corrected chi connectivity index (χ1v) is 8.54. The van der Waals surface area contributed by atoms with Gasteiger partial charge in [0, 0.05) is 22.5 Å². The Kier molecular flexibility index (Phi) is 4.83. The third-order valence-electron chi connectivity index (χ3n) is 3.17. The molecule has 116 valence electrons. The molecule has 2 aromatic carbocycles. The van der Waals surface area contributed by atoms with E-state index < -0.39 is 0 Å². The molecule has 0 unspecified atom stereocenters. The van der Waals surface area contributed by atoms with Crippen molar-refractivity contribution >= 4 is 33.5 Å². The zero-order valence-corrected chi connectivity index (χ0v) is 14.7. The third-order valence-corrected chi connectivity index (χ3v) is 4.57. The highest BCUT2D eigenvalue weighted by atomic mass is 79.9. The third kappa shape index (κ3) is 3.65. The Morgan fingerprint density at radius 3 is 2.74 bits per heavy atom. The first kappa shape index (κ1) is 15.8. The van der Waals surface area contributed by atoms with Crippen LogP contribution >= 0.6 is 27.3 Å². The van der Waals surface area contributed by atoms with Crippen LogP contribution in [-0.2, 0) is 0 Å². The van der Waals surface area contributed by atoms with Crippen LogP contribution in [0.1, 0.15) is 5.56 Å². The van der Waals surface area contributed by atoms with Crippen molar-refractivity contribution in [1.29, 1.82) is 0 Å². The van der Waals surface area contributed by atoms with Gasteiger partial charge < -0.3 is 0 Å². The van der Waals surface area contributed by atoms with Crippen LogP contribution in [0.4, 0.5) is 4.39 Å². The standard InChI is InChI=1S/C17H13BrFN3S/c1-20-17-22(21-10-12-4-2-7-15(19)8-12)16(11-23-17)13-5-3-6-14(18)9-13/h2-11H,1H3/b20-17?,21-10-. The van der Waals surface area contributed by atoms with Gasteiger partial charge in [0.1, 0.15) is 5.82 Å². The van der Waals surface area contributed by atoms with Crippen molar-refractivity contribution in [2.45, 2.75) is 0 Å². The van der Waals surface area contributed by atoms with Crippen molar-refractivity contribution in [3.8, 4) is 11.3 Å². The quantitative estimate of drug-likeness (QED) is 0.589. The Morgan fingerprint density at radius 2 is 2.00 bits per heavy atom. The van der Waals surface area contributed by atoms with E-state index in [0.717, 1.165) is 20.5 Å². The molecule has 0 bridgehead atoms. The summed E-state index contributed by atoms with van der Waals surface area (Å²) < 4.78 is 16.0. The molecular formula is C17H13BrFN3S. The molecule has 1 aromatic heterocycles. The lowest BCUT2D eigenvalue weighted by molar-refractivity contribution is 0.627. The fourth-order valence-electron chi connectivity index (χ4n) is 2.12. The van der Waals surface area contributed by atoms with Gasteiger partial charge in [-0.25, -0.2) is 9.07 Å². The average molecular weight is 390 g/mol. The summed E-state index contributed by atoms with van der Waals surface area (Å²) in [6.45, 7) is 0. The van der Waals surface area contributed by atoms with Gasteiger partial charge in [-0.15, -0.1) is 11.3 Å². The minimum atomic E-state index is -0.281. The van der Waals surface area contributed by atoms with Crippen molar-refractivity contribution in [2.75, 3.05) is 7.05 Å². The predicted octanol–water partition coefficient (Wildman–Crippen LogP) is 4.53. The molecule has 0 aliphatic rings. The molecule has 1 heterocycles. The number of aromatic nitrogens is 1. The van der Waals surface area contributed by atoms with Gasteiger partial charge in [-0.05, 0) is 29.8 Å². The lowest BCUT2D eigenvalue weighted by Gasteiger charge is -2.04. The van der Waals surface area contributed by atoms with Crippen LogP contribution in [0.5, 0.6) is 0 Å². The van der Waals surface area contributed by atoms with E-state index in [1.165, 1.54) is 23.5 Å². The summed E-state index contributed by atoms with van der Waals surface area (Å²) in [5, 5.41) is 6.49. The number of thiazole rings is 1. The molecule has 0 aliphatic heterocycles. The Hall–Kier alpha value is -2.05. The SMILES string of the molecule is CN=c1scc(-c2cccc(Br)c2)n1/N=C\c1cccc(F)c1. The molecule has 0 saturated heterocycles. The molecule has 0 saturated carbocycles. The topological polar surface area (TPSA) is 29.6 Å². The normalized spacial score (nSPS) is 12.2. The second kappa shape index (κ2) is 7.02. The van der Waals surface area contributed by atoms with Crippen LogP contribution in [0, 0.1) is 5.82 Å². The molecule has 0 amide bonds. The molecule has 0 N–H and O–H groups in total. The van der Waals surface area contributed by atoms with Gasteiger partial charge in [-0.1, -0.05) is 40.2 Å². The molecule has 0 fully saturated rings. The maximum absolute atomic E-state index is 13.3. The molecule has 23 heavy (non-hydrogen) atoms. The van der Waals surface area contributed by atoms with Crippen LogP contribution in [-0.4, -0.2) is 17.9 Å². The maximum Gasteiger partial charge on any atom is 0.205 e. The fourth-order valence-corrected chi connectivity index (χ4v) is 3.32. The number of halogens is 2. The Balaban J connectivity index is 2.06. The summed E-state index contributed by atoms with van der Waals surface area (Å²) >= 11 is 4.99. The van der Waals surface area contributed by atoms with Crippen LogP contribution < -0.4 is 4.80 Å².